The molecule has 0 aliphatic rings. The van der Waals surface area contributed by atoms with Gasteiger partial charge in [-0.05, 0) is 30.5 Å². The molecule has 4 heteroatoms. The van der Waals surface area contributed by atoms with Crippen LogP contribution in [0.2, 0.25) is 0 Å². The monoisotopic (exact) mass is 330 g/mol. The van der Waals surface area contributed by atoms with E-state index in [0.29, 0.717) is 12.8 Å². The Morgan fingerprint density at radius 2 is 1.80 bits per heavy atom. The van der Waals surface area contributed by atoms with Crippen LogP contribution in [-0.2, 0) is 11.2 Å². The molecule has 0 bridgehead atoms. The maximum Gasteiger partial charge on any atom is 1.00 e. The molecular weight excluding hydrogens is 316 g/mol. The number of rotatable bonds is 4. The van der Waals surface area contributed by atoms with Gasteiger partial charge >= 0.3 is 74.9 Å². The summed E-state index contributed by atoms with van der Waals surface area (Å²) in [5.41, 5.74) is 0.975. The van der Waals surface area contributed by atoms with E-state index in [2.05, 4.69) is 0 Å². The Kier molecular flexibility index (Phi) is 11.9. The van der Waals surface area contributed by atoms with Crippen molar-refractivity contribution in [2.45, 2.75) is 19.3 Å². The Hall–Kier alpha value is 0.672. The van der Waals surface area contributed by atoms with E-state index in [9.17, 15) is 9.18 Å². The number of carboxylic acids is 1. The Morgan fingerprint density at radius 1 is 1.27 bits per heavy atom. The number of hydrogen-bond donors (Lipinski definition) is 1. The predicted octanol–water partition coefficient (Wildman–Crippen LogP) is -0.313. The largest absolute Gasteiger partial charge is 1.00 e. The molecule has 0 atom stereocenters. The Balaban J connectivity index is 0. The van der Waals surface area contributed by atoms with Crippen LogP contribution in [0.15, 0.2) is 24.3 Å². The van der Waals surface area contributed by atoms with Crippen LogP contribution < -0.4 is 68.9 Å². The van der Waals surface area contributed by atoms with Gasteiger partial charge in [0.2, 0.25) is 0 Å². The SMILES string of the molecule is O=C(O)CCCc1ccc(F)cc1.[CH3-].[Cs+]. The van der Waals surface area contributed by atoms with Gasteiger partial charge in [-0.25, -0.2) is 4.39 Å². The molecule has 15 heavy (non-hydrogen) atoms. The first-order chi connectivity index (χ1) is 6.18. The summed E-state index contributed by atoms with van der Waals surface area (Å²) < 4.78 is 12.4. The van der Waals surface area contributed by atoms with Crippen molar-refractivity contribution < 1.29 is 83.2 Å². The molecule has 0 amide bonds. The third-order valence-corrected chi connectivity index (χ3v) is 1.77. The first-order valence-electron chi connectivity index (χ1n) is 4.15. The molecule has 0 spiro atoms. The molecule has 0 fully saturated rings. The number of carbonyl (C=O) groups is 1. The van der Waals surface area contributed by atoms with E-state index in [4.69, 9.17) is 5.11 Å². The fourth-order valence-electron chi connectivity index (χ4n) is 1.09. The Morgan fingerprint density at radius 3 is 2.27 bits per heavy atom. The van der Waals surface area contributed by atoms with E-state index in [1.165, 1.54) is 12.1 Å². The van der Waals surface area contributed by atoms with Gasteiger partial charge in [-0.3, -0.25) is 4.79 Å². The zero-order valence-electron chi connectivity index (χ0n) is 9.16. The number of aryl methyl sites for hydroxylation is 1. The van der Waals surface area contributed by atoms with E-state index in [1.54, 1.807) is 12.1 Å². The average Bonchev–Trinajstić information content (AvgIpc) is 2.08. The summed E-state index contributed by atoms with van der Waals surface area (Å²) in [5, 5.41) is 8.38. The van der Waals surface area contributed by atoms with Gasteiger partial charge in [0.25, 0.3) is 0 Å². The molecular formula is C11H14CsFO2. The van der Waals surface area contributed by atoms with E-state index in [-0.39, 0.29) is 88.6 Å². The Labute approximate surface area is 149 Å². The second-order valence-electron chi connectivity index (χ2n) is 2.87. The van der Waals surface area contributed by atoms with Gasteiger partial charge in [0, 0.05) is 6.42 Å². The number of aliphatic carboxylic acids is 1. The molecule has 0 saturated heterocycles. The number of carboxylic acid groups (broad SMARTS) is 1. The summed E-state index contributed by atoms with van der Waals surface area (Å²) >= 11 is 0. The van der Waals surface area contributed by atoms with Crippen LogP contribution in [0.5, 0.6) is 0 Å². The van der Waals surface area contributed by atoms with Crippen molar-refractivity contribution in [1.29, 1.82) is 0 Å². The van der Waals surface area contributed by atoms with E-state index < -0.39 is 5.97 Å². The van der Waals surface area contributed by atoms with Gasteiger partial charge in [-0.15, -0.1) is 0 Å². The average molecular weight is 330 g/mol. The molecule has 1 aromatic carbocycles. The van der Waals surface area contributed by atoms with Crippen molar-refractivity contribution in [3.63, 3.8) is 0 Å². The maximum absolute atomic E-state index is 12.4. The first kappa shape index (κ1) is 18.0. The zero-order valence-corrected chi connectivity index (χ0v) is 15.4. The molecule has 0 aliphatic heterocycles. The van der Waals surface area contributed by atoms with Crippen molar-refractivity contribution in [2.75, 3.05) is 0 Å². The molecule has 1 rings (SSSR count). The smallest absolute Gasteiger partial charge is 0.481 e. The van der Waals surface area contributed by atoms with Crippen LogP contribution in [0.3, 0.4) is 0 Å². The van der Waals surface area contributed by atoms with Crippen molar-refractivity contribution in [3.8, 4) is 0 Å². The molecule has 78 valence electrons. The summed E-state index contributed by atoms with van der Waals surface area (Å²) in [7, 11) is 0. The van der Waals surface area contributed by atoms with E-state index in [1.807, 2.05) is 0 Å². The number of benzene rings is 1. The summed E-state index contributed by atoms with van der Waals surface area (Å²) in [4.78, 5) is 10.2. The third kappa shape index (κ3) is 8.48. The quantitative estimate of drug-likeness (QED) is 0.769. The molecule has 1 N–H and O–H groups in total. The predicted molar refractivity (Wildman–Crippen MR) is 53.4 cm³/mol. The molecule has 0 saturated carbocycles. The molecule has 0 aliphatic carbocycles. The summed E-state index contributed by atoms with van der Waals surface area (Å²) in [6.07, 6.45) is 1.45. The van der Waals surface area contributed by atoms with Crippen molar-refractivity contribution in [1.82, 2.24) is 0 Å². The molecule has 0 unspecified atom stereocenters. The van der Waals surface area contributed by atoms with Gasteiger partial charge in [-0.1, -0.05) is 12.1 Å². The van der Waals surface area contributed by atoms with Gasteiger partial charge in [0.15, 0.2) is 0 Å². The molecule has 2 nitrogen and oxygen atoms in total. The van der Waals surface area contributed by atoms with Crippen molar-refractivity contribution in [2.24, 2.45) is 0 Å². The van der Waals surface area contributed by atoms with Crippen LogP contribution in [0, 0.1) is 13.2 Å². The fourth-order valence-corrected chi connectivity index (χ4v) is 1.09. The molecule has 0 heterocycles. The van der Waals surface area contributed by atoms with Gasteiger partial charge < -0.3 is 12.5 Å². The van der Waals surface area contributed by atoms with Crippen molar-refractivity contribution >= 4 is 5.97 Å². The second kappa shape index (κ2) is 9.87. The standard InChI is InChI=1S/C10H11FO2.CH3.Cs/c11-9-6-4-8(5-7-9)2-1-3-10(12)13;;/h4-7H,1-3H2,(H,12,13);1H3;/q;-1;+1. The van der Waals surface area contributed by atoms with Gasteiger partial charge in [0.1, 0.15) is 5.82 Å². The zero-order chi connectivity index (χ0) is 9.68. The molecule has 1 aromatic rings. The van der Waals surface area contributed by atoms with Gasteiger partial charge in [0.05, 0.1) is 0 Å². The van der Waals surface area contributed by atoms with Crippen molar-refractivity contribution in [3.05, 3.63) is 43.1 Å². The summed E-state index contributed by atoms with van der Waals surface area (Å²) in [6, 6.07) is 6.13. The van der Waals surface area contributed by atoms with Crippen LogP contribution in [0.4, 0.5) is 4.39 Å². The maximum atomic E-state index is 12.4. The second-order valence-corrected chi connectivity index (χ2v) is 2.87. The van der Waals surface area contributed by atoms with Crippen LogP contribution in [-0.4, -0.2) is 11.1 Å². The first-order valence-corrected chi connectivity index (χ1v) is 4.15. The minimum Gasteiger partial charge on any atom is -0.481 e. The fraction of sp³-hybridized carbons (Fsp3) is 0.273. The topological polar surface area (TPSA) is 37.3 Å². The van der Waals surface area contributed by atoms with Crippen LogP contribution >= 0.6 is 0 Å². The third-order valence-electron chi connectivity index (χ3n) is 1.77. The molecule has 0 aromatic heterocycles. The van der Waals surface area contributed by atoms with Crippen LogP contribution in [0.25, 0.3) is 0 Å². The number of halogens is 1. The summed E-state index contributed by atoms with van der Waals surface area (Å²) in [6.45, 7) is 0. The minimum atomic E-state index is -0.790. The normalized spacial score (nSPS) is 8.60. The molecule has 0 radical (unpaired) electrons. The Bertz CT molecular complexity index is 285. The number of hydrogen-bond acceptors (Lipinski definition) is 1. The van der Waals surface area contributed by atoms with E-state index in [0.717, 1.165) is 5.56 Å². The minimum absolute atomic E-state index is 0. The van der Waals surface area contributed by atoms with E-state index >= 15 is 0 Å². The van der Waals surface area contributed by atoms with Crippen LogP contribution in [0.1, 0.15) is 18.4 Å². The van der Waals surface area contributed by atoms with Gasteiger partial charge in [-0.2, -0.15) is 0 Å². The summed E-state index contributed by atoms with van der Waals surface area (Å²) in [5.74, 6) is -1.05.